The molecular weight excluding hydrogens is 288 g/mol. The molecule has 21 heavy (non-hydrogen) atoms. The number of hydrogen-bond donors (Lipinski definition) is 3. The first-order valence-electron chi connectivity index (χ1n) is 6.15. The summed E-state index contributed by atoms with van der Waals surface area (Å²) in [6.45, 7) is 1.85. The third-order valence-electron chi connectivity index (χ3n) is 2.84. The first-order valence-corrected chi connectivity index (χ1v) is 7.70. The second-order valence-electron chi connectivity index (χ2n) is 4.50. The lowest BCUT2D eigenvalue weighted by Crippen LogP contribution is -2.11. The van der Waals surface area contributed by atoms with Gasteiger partial charge in [-0.1, -0.05) is 12.1 Å². The minimum absolute atomic E-state index is 0.0598. The van der Waals surface area contributed by atoms with E-state index in [0.29, 0.717) is 11.4 Å². The Balaban J connectivity index is 2.14. The van der Waals surface area contributed by atoms with Gasteiger partial charge in [-0.05, 0) is 48.9 Å². The Morgan fingerprint density at radius 1 is 1.14 bits per heavy atom. The number of nitrogens with two attached hydrogens (primary N) is 2. The van der Waals surface area contributed by atoms with Crippen LogP contribution in [0.4, 0.5) is 11.4 Å². The third kappa shape index (κ3) is 4.04. The van der Waals surface area contributed by atoms with E-state index < -0.39 is 10.0 Å². The Kier molecular flexibility index (Phi) is 4.25. The molecule has 0 aliphatic heterocycles. The Labute approximate surface area is 123 Å². The van der Waals surface area contributed by atoms with Crippen LogP contribution in [-0.2, 0) is 10.0 Å². The van der Waals surface area contributed by atoms with Crippen molar-refractivity contribution in [2.24, 2.45) is 10.2 Å². The third-order valence-corrected chi connectivity index (χ3v) is 3.77. The van der Waals surface area contributed by atoms with E-state index in [0.717, 1.165) is 11.3 Å². The summed E-state index contributed by atoms with van der Waals surface area (Å²) in [5.74, 6) is 0. The van der Waals surface area contributed by atoms with Gasteiger partial charge in [0.2, 0.25) is 10.0 Å². The van der Waals surface area contributed by atoms with Gasteiger partial charge in [0, 0.05) is 5.69 Å². The fourth-order valence-corrected chi connectivity index (χ4v) is 2.21. The van der Waals surface area contributed by atoms with Crippen molar-refractivity contribution in [2.75, 3.05) is 11.2 Å². The number of sulfonamides is 1. The quantitative estimate of drug-likeness (QED) is 0.454. The number of nitrogens with zero attached hydrogens (tertiary/aromatic N) is 1. The minimum Gasteiger partial charge on any atom is -0.399 e. The van der Waals surface area contributed by atoms with Crippen molar-refractivity contribution in [3.8, 4) is 0 Å². The van der Waals surface area contributed by atoms with Gasteiger partial charge in [0.05, 0.1) is 16.3 Å². The van der Waals surface area contributed by atoms with E-state index in [1.165, 1.54) is 12.1 Å². The molecule has 0 aliphatic rings. The molecule has 0 bridgehead atoms. The number of rotatable bonds is 4. The molecule has 0 fully saturated rings. The van der Waals surface area contributed by atoms with Crippen LogP contribution in [0.25, 0.3) is 0 Å². The fraction of sp³-hybridized carbons (Fsp3) is 0.0714. The number of hydrogen-bond acceptors (Lipinski definition) is 5. The maximum atomic E-state index is 11.1. The lowest BCUT2D eigenvalue weighted by atomic mass is 10.1. The summed E-state index contributed by atoms with van der Waals surface area (Å²) in [5, 5.41) is 9.26. The summed E-state index contributed by atoms with van der Waals surface area (Å²) in [6.07, 6.45) is 0. The zero-order chi connectivity index (χ0) is 15.5. The molecule has 2 aromatic rings. The Morgan fingerprint density at radius 3 is 2.38 bits per heavy atom. The second kappa shape index (κ2) is 5.94. The van der Waals surface area contributed by atoms with E-state index in [2.05, 4.69) is 10.5 Å². The van der Waals surface area contributed by atoms with Crippen LogP contribution < -0.4 is 16.3 Å². The zero-order valence-electron chi connectivity index (χ0n) is 11.4. The number of nitrogen functional groups attached to an aromatic ring is 1. The van der Waals surface area contributed by atoms with E-state index in [4.69, 9.17) is 10.9 Å². The summed E-state index contributed by atoms with van der Waals surface area (Å²) in [4.78, 5) is 0.0598. The van der Waals surface area contributed by atoms with Crippen LogP contribution in [0.1, 0.15) is 12.5 Å². The van der Waals surface area contributed by atoms with Crippen LogP contribution in [0.5, 0.6) is 0 Å². The summed E-state index contributed by atoms with van der Waals surface area (Å²) in [5.41, 5.74) is 11.6. The first kappa shape index (κ1) is 15.0. The van der Waals surface area contributed by atoms with Crippen molar-refractivity contribution in [2.45, 2.75) is 11.8 Å². The zero-order valence-corrected chi connectivity index (χ0v) is 12.3. The Morgan fingerprint density at radius 2 is 1.81 bits per heavy atom. The SMILES string of the molecule is C/C(=N\Nc1ccc(S(N)(=O)=O)cc1)c1cccc(N)c1. The van der Waals surface area contributed by atoms with Crippen LogP contribution in [0, 0.1) is 0 Å². The summed E-state index contributed by atoms with van der Waals surface area (Å²) >= 11 is 0. The highest BCUT2D eigenvalue weighted by molar-refractivity contribution is 7.89. The molecule has 0 amide bonds. The molecule has 0 unspecified atom stereocenters. The highest BCUT2D eigenvalue weighted by atomic mass is 32.2. The van der Waals surface area contributed by atoms with Crippen molar-refractivity contribution in [3.05, 3.63) is 54.1 Å². The van der Waals surface area contributed by atoms with E-state index in [9.17, 15) is 8.42 Å². The van der Waals surface area contributed by atoms with Gasteiger partial charge in [-0.2, -0.15) is 5.10 Å². The van der Waals surface area contributed by atoms with E-state index in [1.54, 1.807) is 18.2 Å². The molecule has 0 radical (unpaired) electrons. The molecule has 0 atom stereocenters. The van der Waals surface area contributed by atoms with Gasteiger partial charge < -0.3 is 5.73 Å². The van der Waals surface area contributed by atoms with Crippen LogP contribution in [-0.4, -0.2) is 14.1 Å². The van der Waals surface area contributed by atoms with Crippen molar-refractivity contribution in [3.63, 3.8) is 0 Å². The van der Waals surface area contributed by atoms with Crippen LogP contribution in [0.3, 0.4) is 0 Å². The van der Waals surface area contributed by atoms with Crippen molar-refractivity contribution in [1.29, 1.82) is 0 Å². The number of anilines is 2. The van der Waals surface area contributed by atoms with Crippen molar-refractivity contribution in [1.82, 2.24) is 0 Å². The lowest BCUT2D eigenvalue weighted by molar-refractivity contribution is 0.598. The molecule has 2 rings (SSSR count). The molecule has 6 nitrogen and oxygen atoms in total. The van der Waals surface area contributed by atoms with Crippen molar-refractivity contribution >= 4 is 27.1 Å². The monoisotopic (exact) mass is 304 g/mol. The summed E-state index contributed by atoms with van der Waals surface area (Å²) in [7, 11) is -3.68. The molecule has 0 aromatic heterocycles. The molecule has 5 N–H and O–H groups in total. The topological polar surface area (TPSA) is 111 Å². The maximum absolute atomic E-state index is 11.1. The Bertz CT molecular complexity index is 768. The molecule has 0 spiro atoms. The summed E-state index contributed by atoms with van der Waals surface area (Å²) in [6, 6.07) is 13.4. The van der Waals surface area contributed by atoms with Gasteiger partial charge in [-0.15, -0.1) is 0 Å². The minimum atomic E-state index is -3.68. The molecule has 110 valence electrons. The van der Waals surface area contributed by atoms with Crippen LogP contribution in [0.2, 0.25) is 0 Å². The second-order valence-corrected chi connectivity index (χ2v) is 6.07. The highest BCUT2D eigenvalue weighted by Crippen LogP contribution is 2.13. The molecule has 0 saturated carbocycles. The van der Waals surface area contributed by atoms with Gasteiger partial charge in [0.1, 0.15) is 0 Å². The smallest absolute Gasteiger partial charge is 0.238 e. The number of hydrazone groups is 1. The van der Waals surface area contributed by atoms with Crippen molar-refractivity contribution < 1.29 is 8.42 Å². The standard InChI is InChI=1S/C14H16N4O2S/c1-10(11-3-2-4-12(15)9-11)17-18-13-5-7-14(8-6-13)21(16,19)20/h2-9,18H,15H2,1H3,(H2,16,19,20)/b17-10+. The molecule has 7 heteroatoms. The lowest BCUT2D eigenvalue weighted by Gasteiger charge is -2.05. The van der Waals surface area contributed by atoms with Crippen LogP contribution >= 0.6 is 0 Å². The molecule has 2 aromatic carbocycles. The maximum Gasteiger partial charge on any atom is 0.238 e. The average molecular weight is 304 g/mol. The van der Waals surface area contributed by atoms with Gasteiger partial charge in [0.25, 0.3) is 0 Å². The van der Waals surface area contributed by atoms with Gasteiger partial charge in [-0.25, -0.2) is 13.6 Å². The van der Waals surface area contributed by atoms with E-state index in [-0.39, 0.29) is 4.90 Å². The largest absolute Gasteiger partial charge is 0.399 e. The Hall–Kier alpha value is -2.38. The molecule has 0 saturated heterocycles. The highest BCUT2D eigenvalue weighted by Gasteiger charge is 2.06. The number of benzene rings is 2. The predicted molar refractivity (Wildman–Crippen MR) is 84.5 cm³/mol. The van der Waals surface area contributed by atoms with E-state index >= 15 is 0 Å². The average Bonchev–Trinajstić information content (AvgIpc) is 2.44. The van der Waals surface area contributed by atoms with Gasteiger partial charge in [0.15, 0.2) is 0 Å². The number of nitrogens with one attached hydrogen (secondary N) is 1. The molecule has 0 heterocycles. The van der Waals surface area contributed by atoms with Crippen LogP contribution in [0.15, 0.2) is 58.5 Å². The molecular formula is C14H16N4O2S. The fourth-order valence-electron chi connectivity index (χ4n) is 1.70. The normalized spacial score (nSPS) is 12.2. The molecule has 0 aliphatic carbocycles. The first-order chi connectivity index (χ1) is 9.86. The number of primary sulfonamides is 1. The van der Waals surface area contributed by atoms with E-state index in [1.807, 2.05) is 25.1 Å². The predicted octanol–water partition coefficient (Wildman–Crippen LogP) is 1.75. The van der Waals surface area contributed by atoms with Gasteiger partial charge >= 0.3 is 0 Å². The van der Waals surface area contributed by atoms with Gasteiger partial charge in [-0.3, -0.25) is 5.43 Å². The summed E-state index contributed by atoms with van der Waals surface area (Å²) < 4.78 is 22.3.